The van der Waals surface area contributed by atoms with Gasteiger partial charge in [0.05, 0.1) is 11.5 Å². The zero-order valence-corrected chi connectivity index (χ0v) is 10.1. The molecule has 19 heavy (non-hydrogen) atoms. The Labute approximate surface area is 108 Å². The summed E-state index contributed by atoms with van der Waals surface area (Å²) in [4.78, 5) is 14.4. The summed E-state index contributed by atoms with van der Waals surface area (Å²) in [6.07, 6.45) is 1.54. The molecule has 8 nitrogen and oxygen atoms in total. The van der Waals surface area contributed by atoms with Crippen LogP contribution in [0.15, 0.2) is 24.5 Å². The van der Waals surface area contributed by atoms with E-state index in [-0.39, 0.29) is 23.5 Å². The molecule has 96 valence electrons. The molecule has 0 radical (unpaired) electrons. The highest BCUT2D eigenvalue weighted by molar-refractivity contribution is 5.68. The Bertz CT molecular complexity index is 657. The molecule has 0 spiro atoms. The molecule has 0 unspecified atom stereocenters. The molecule has 2 rings (SSSR count). The maximum atomic E-state index is 11.0. The average molecular weight is 258 g/mol. The number of hydrogen-bond donors (Lipinski definition) is 1. The maximum absolute atomic E-state index is 11.0. The summed E-state index contributed by atoms with van der Waals surface area (Å²) in [5.41, 5.74) is 0.0569. The van der Waals surface area contributed by atoms with Crippen LogP contribution in [0.5, 0.6) is 0 Å². The molecule has 0 saturated heterocycles. The summed E-state index contributed by atoms with van der Waals surface area (Å²) in [6.45, 7) is 0.247. The third-order valence-electron chi connectivity index (χ3n) is 2.42. The number of rotatable bonds is 4. The summed E-state index contributed by atoms with van der Waals surface area (Å²) >= 11 is 0. The monoisotopic (exact) mass is 258 g/mol. The van der Waals surface area contributed by atoms with Crippen molar-refractivity contribution in [3.63, 3.8) is 0 Å². The lowest BCUT2D eigenvalue weighted by molar-refractivity contribution is -0.384. The Morgan fingerprint density at radius 1 is 1.58 bits per heavy atom. The molecule has 0 fully saturated rings. The highest BCUT2D eigenvalue weighted by Gasteiger charge is 2.19. The van der Waals surface area contributed by atoms with E-state index >= 15 is 0 Å². The number of nitriles is 1. The highest BCUT2D eigenvalue weighted by atomic mass is 16.6. The SMILES string of the molecule is Cn1cnc(CNc2cccc(C#N)c2[N+](=O)[O-])n1. The van der Waals surface area contributed by atoms with Crippen molar-refractivity contribution >= 4 is 11.4 Å². The molecular weight excluding hydrogens is 248 g/mol. The van der Waals surface area contributed by atoms with Crippen LogP contribution in [0, 0.1) is 21.4 Å². The number of aromatic nitrogens is 3. The van der Waals surface area contributed by atoms with Gasteiger partial charge in [0.15, 0.2) is 5.82 Å². The van der Waals surface area contributed by atoms with E-state index in [2.05, 4.69) is 15.4 Å². The molecule has 0 bridgehead atoms. The van der Waals surface area contributed by atoms with E-state index in [4.69, 9.17) is 5.26 Å². The predicted molar refractivity (Wildman–Crippen MR) is 66.1 cm³/mol. The van der Waals surface area contributed by atoms with E-state index in [1.807, 2.05) is 0 Å². The van der Waals surface area contributed by atoms with Gasteiger partial charge in [-0.15, -0.1) is 0 Å². The topological polar surface area (TPSA) is 110 Å². The fraction of sp³-hybridized carbons (Fsp3) is 0.182. The largest absolute Gasteiger partial charge is 0.372 e. The van der Waals surface area contributed by atoms with Crippen molar-refractivity contribution in [3.8, 4) is 6.07 Å². The van der Waals surface area contributed by atoms with Crippen LogP contribution in [0.25, 0.3) is 0 Å². The molecule has 0 saturated carbocycles. The molecule has 1 aromatic carbocycles. The van der Waals surface area contributed by atoms with Crippen LogP contribution in [0.2, 0.25) is 0 Å². The van der Waals surface area contributed by atoms with Crippen molar-refractivity contribution in [2.75, 3.05) is 5.32 Å². The van der Waals surface area contributed by atoms with Gasteiger partial charge in [-0.3, -0.25) is 14.8 Å². The zero-order chi connectivity index (χ0) is 13.8. The van der Waals surface area contributed by atoms with Crippen molar-refractivity contribution in [1.82, 2.24) is 14.8 Å². The molecule has 0 aliphatic carbocycles. The van der Waals surface area contributed by atoms with Gasteiger partial charge in [0.1, 0.15) is 23.6 Å². The molecule has 0 aliphatic rings. The van der Waals surface area contributed by atoms with Gasteiger partial charge in [-0.2, -0.15) is 10.4 Å². The van der Waals surface area contributed by atoms with E-state index in [0.717, 1.165) is 0 Å². The Hall–Kier alpha value is -2.95. The van der Waals surface area contributed by atoms with E-state index in [0.29, 0.717) is 5.82 Å². The number of hydrogen-bond acceptors (Lipinski definition) is 6. The summed E-state index contributed by atoms with van der Waals surface area (Å²) in [6, 6.07) is 6.33. The lowest BCUT2D eigenvalue weighted by Crippen LogP contribution is -2.05. The van der Waals surface area contributed by atoms with Crippen LogP contribution in [0.3, 0.4) is 0 Å². The van der Waals surface area contributed by atoms with Gasteiger partial charge in [-0.05, 0) is 12.1 Å². The summed E-state index contributed by atoms with van der Waals surface area (Å²) in [7, 11) is 1.73. The number of para-hydroxylation sites is 1. The minimum Gasteiger partial charge on any atom is -0.372 e. The van der Waals surface area contributed by atoms with Crippen molar-refractivity contribution in [2.45, 2.75) is 6.54 Å². The van der Waals surface area contributed by atoms with Gasteiger partial charge in [-0.1, -0.05) is 6.07 Å². The quantitative estimate of drug-likeness (QED) is 0.651. The molecule has 0 atom stereocenters. The number of nitro groups is 1. The van der Waals surface area contributed by atoms with Gasteiger partial charge >= 0.3 is 5.69 Å². The van der Waals surface area contributed by atoms with Crippen LogP contribution < -0.4 is 5.32 Å². The second-order valence-corrected chi connectivity index (χ2v) is 3.76. The molecule has 0 aliphatic heterocycles. The highest BCUT2D eigenvalue weighted by Crippen LogP contribution is 2.28. The Morgan fingerprint density at radius 2 is 2.37 bits per heavy atom. The number of nitrogens with one attached hydrogen (secondary N) is 1. The molecular formula is C11H10N6O2. The first-order valence-corrected chi connectivity index (χ1v) is 5.37. The summed E-state index contributed by atoms with van der Waals surface area (Å²) in [5.74, 6) is 0.513. The van der Waals surface area contributed by atoms with E-state index in [9.17, 15) is 10.1 Å². The van der Waals surface area contributed by atoms with Crippen LogP contribution >= 0.6 is 0 Å². The van der Waals surface area contributed by atoms with Gasteiger partial charge in [0.25, 0.3) is 0 Å². The van der Waals surface area contributed by atoms with Crippen molar-refractivity contribution in [2.24, 2.45) is 7.05 Å². The van der Waals surface area contributed by atoms with Crippen LogP contribution in [-0.4, -0.2) is 19.7 Å². The lowest BCUT2D eigenvalue weighted by Gasteiger charge is -2.05. The van der Waals surface area contributed by atoms with Gasteiger partial charge < -0.3 is 5.32 Å². The first-order chi connectivity index (χ1) is 9.11. The van der Waals surface area contributed by atoms with Crippen LogP contribution in [0.1, 0.15) is 11.4 Å². The normalized spacial score (nSPS) is 9.89. The van der Waals surface area contributed by atoms with Crippen LogP contribution in [0.4, 0.5) is 11.4 Å². The first kappa shape index (κ1) is 12.5. The molecule has 1 N–H and O–H groups in total. The van der Waals surface area contributed by atoms with E-state index in [1.165, 1.54) is 17.1 Å². The number of nitro benzene ring substituents is 1. The van der Waals surface area contributed by atoms with Gasteiger partial charge in [-0.25, -0.2) is 4.98 Å². The minimum absolute atomic E-state index is 0.0176. The molecule has 0 amide bonds. The van der Waals surface area contributed by atoms with E-state index in [1.54, 1.807) is 25.2 Å². The number of anilines is 1. The molecule has 1 aromatic heterocycles. The fourth-order valence-corrected chi connectivity index (χ4v) is 1.61. The Kier molecular flexibility index (Phi) is 3.38. The maximum Gasteiger partial charge on any atom is 0.309 e. The smallest absolute Gasteiger partial charge is 0.309 e. The zero-order valence-electron chi connectivity index (χ0n) is 10.1. The number of aryl methyl sites for hydroxylation is 1. The van der Waals surface area contributed by atoms with Crippen LogP contribution in [-0.2, 0) is 13.6 Å². The molecule has 8 heteroatoms. The summed E-state index contributed by atoms with van der Waals surface area (Å²) < 4.78 is 1.54. The van der Waals surface area contributed by atoms with Crippen molar-refractivity contribution in [3.05, 3.63) is 46.0 Å². The second kappa shape index (κ2) is 5.14. The molecule has 2 aromatic rings. The lowest BCUT2D eigenvalue weighted by atomic mass is 10.1. The fourth-order valence-electron chi connectivity index (χ4n) is 1.61. The third kappa shape index (κ3) is 2.66. The van der Waals surface area contributed by atoms with E-state index < -0.39 is 4.92 Å². The van der Waals surface area contributed by atoms with Crippen molar-refractivity contribution in [1.29, 1.82) is 5.26 Å². The Morgan fingerprint density at radius 3 is 2.95 bits per heavy atom. The summed E-state index contributed by atoms with van der Waals surface area (Å²) in [5, 5.41) is 26.8. The van der Waals surface area contributed by atoms with Gasteiger partial charge in [0, 0.05) is 7.05 Å². The second-order valence-electron chi connectivity index (χ2n) is 3.76. The minimum atomic E-state index is -0.577. The predicted octanol–water partition coefficient (Wildman–Crippen LogP) is 1.21. The number of benzene rings is 1. The molecule has 1 heterocycles. The standard InChI is InChI=1S/C11H10N6O2/c1-16-7-14-10(15-16)6-13-9-4-2-3-8(5-12)11(9)17(18)19/h2-4,7,13H,6H2,1H3. The van der Waals surface area contributed by atoms with Gasteiger partial charge in [0.2, 0.25) is 0 Å². The number of nitrogens with zero attached hydrogens (tertiary/aromatic N) is 5. The average Bonchev–Trinajstić information content (AvgIpc) is 2.81. The first-order valence-electron chi connectivity index (χ1n) is 5.37. The van der Waals surface area contributed by atoms with Crippen molar-refractivity contribution < 1.29 is 4.92 Å². The Balaban J connectivity index is 2.25. The third-order valence-corrected chi connectivity index (χ3v) is 2.42.